The Morgan fingerprint density at radius 2 is 1.75 bits per heavy atom. The summed E-state index contributed by atoms with van der Waals surface area (Å²) in [6.07, 6.45) is 0.787. The van der Waals surface area contributed by atoms with Crippen molar-refractivity contribution in [3.63, 3.8) is 0 Å². The number of benzene rings is 2. The quantitative estimate of drug-likeness (QED) is 0.523. The van der Waals surface area contributed by atoms with Crippen molar-refractivity contribution >= 4 is 39.8 Å². The number of Topliss-reactive ketones (excluding diaryl/α,β-unsaturated/α-hetero) is 1. The standard InChI is InChI=1S/C20H18ClN3O3S/c21-15-8-6-14(7-9-15)17(25)10-11-18(26)22-20-24-23-19(28-20)12-13-27-16-4-2-1-3-5-16/h1-9H,10-13H2,(H,22,24,26). The molecule has 0 fully saturated rings. The SMILES string of the molecule is O=C(CCC(=O)c1ccc(Cl)cc1)Nc1nnc(CCOc2ccccc2)s1. The molecule has 3 rings (SSSR count). The van der Waals surface area contributed by atoms with Gasteiger partial charge in [0.05, 0.1) is 6.61 Å². The van der Waals surface area contributed by atoms with E-state index in [1.807, 2.05) is 30.3 Å². The Hall–Kier alpha value is -2.77. The number of nitrogens with one attached hydrogen (secondary N) is 1. The molecule has 8 heteroatoms. The topological polar surface area (TPSA) is 81.2 Å². The van der Waals surface area contributed by atoms with Crippen molar-refractivity contribution in [3.05, 3.63) is 70.2 Å². The van der Waals surface area contributed by atoms with Crippen LogP contribution in [-0.4, -0.2) is 28.5 Å². The summed E-state index contributed by atoms with van der Waals surface area (Å²) in [6, 6.07) is 16.1. The highest BCUT2D eigenvalue weighted by Crippen LogP contribution is 2.17. The molecule has 0 atom stereocenters. The van der Waals surface area contributed by atoms with Crippen LogP contribution in [-0.2, 0) is 11.2 Å². The molecule has 2 aromatic carbocycles. The molecule has 0 saturated heterocycles. The number of ketones is 1. The number of carbonyl (C=O) groups excluding carboxylic acids is 2. The Morgan fingerprint density at radius 1 is 1.00 bits per heavy atom. The number of halogens is 1. The van der Waals surface area contributed by atoms with Gasteiger partial charge in [-0.25, -0.2) is 0 Å². The van der Waals surface area contributed by atoms with Gasteiger partial charge >= 0.3 is 0 Å². The van der Waals surface area contributed by atoms with Crippen molar-refractivity contribution in [2.75, 3.05) is 11.9 Å². The first-order valence-corrected chi connectivity index (χ1v) is 9.88. The number of para-hydroxylation sites is 1. The molecule has 0 unspecified atom stereocenters. The van der Waals surface area contributed by atoms with Crippen molar-refractivity contribution in [3.8, 4) is 5.75 Å². The van der Waals surface area contributed by atoms with Crippen LogP contribution < -0.4 is 10.1 Å². The van der Waals surface area contributed by atoms with Crippen LogP contribution >= 0.6 is 22.9 Å². The number of ether oxygens (including phenoxy) is 1. The number of hydrogen-bond donors (Lipinski definition) is 1. The molecule has 0 radical (unpaired) electrons. The molecular weight excluding hydrogens is 398 g/mol. The van der Waals surface area contributed by atoms with E-state index >= 15 is 0 Å². The molecule has 0 aliphatic rings. The van der Waals surface area contributed by atoms with Gasteiger partial charge in [-0.2, -0.15) is 0 Å². The smallest absolute Gasteiger partial charge is 0.226 e. The summed E-state index contributed by atoms with van der Waals surface area (Å²) < 4.78 is 5.62. The second-order valence-electron chi connectivity index (χ2n) is 5.89. The van der Waals surface area contributed by atoms with Crippen LogP contribution in [0.15, 0.2) is 54.6 Å². The van der Waals surface area contributed by atoms with E-state index in [1.165, 1.54) is 11.3 Å². The van der Waals surface area contributed by atoms with Crippen LogP contribution in [0, 0.1) is 0 Å². The highest BCUT2D eigenvalue weighted by Gasteiger charge is 2.12. The first kappa shape index (κ1) is 20.0. The van der Waals surface area contributed by atoms with Crippen molar-refractivity contribution in [1.29, 1.82) is 0 Å². The minimum Gasteiger partial charge on any atom is -0.493 e. The lowest BCUT2D eigenvalue weighted by atomic mass is 10.1. The Morgan fingerprint density at radius 3 is 2.50 bits per heavy atom. The van der Waals surface area contributed by atoms with Gasteiger partial charge in [0.1, 0.15) is 10.8 Å². The molecule has 28 heavy (non-hydrogen) atoms. The van der Waals surface area contributed by atoms with Crippen LogP contribution in [0.1, 0.15) is 28.2 Å². The van der Waals surface area contributed by atoms with E-state index in [-0.39, 0.29) is 24.5 Å². The minimum atomic E-state index is -0.273. The first-order chi connectivity index (χ1) is 13.6. The molecule has 0 bridgehead atoms. The van der Waals surface area contributed by atoms with Crippen LogP contribution in [0.25, 0.3) is 0 Å². The maximum Gasteiger partial charge on any atom is 0.226 e. The van der Waals surface area contributed by atoms with E-state index in [0.29, 0.717) is 28.7 Å². The van der Waals surface area contributed by atoms with Crippen LogP contribution in [0.4, 0.5) is 5.13 Å². The van der Waals surface area contributed by atoms with E-state index in [1.54, 1.807) is 24.3 Å². The van der Waals surface area contributed by atoms with Gasteiger partial charge in [-0.1, -0.05) is 41.1 Å². The maximum atomic E-state index is 12.1. The lowest BCUT2D eigenvalue weighted by Crippen LogP contribution is -2.13. The number of aromatic nitrogens is 2. The lowest BCUT2D eigenvalue weighted by molar-refractivity contribution is -0.116. The third-order valence-corrected chi connectivity index (χ3v) is 4.94. The average molecular weight is 416 g/mol. The van der Waals surface area contributed by atoms with Crippen molar-refractivity contribution in [2.24, 2.45) is 0 Å². The Kier molecular flexibility index (Phi) is 7.11. The fraction of sp³-hybridized carbons (Fsp3) is 0.200. The zero-order valence-corrected chi connectivity index (χ0v) is 16.5. The highest BCUT2D eigenvalue weighted by molar-refractivity contribution is 7.15. The highest BCUT2D eigenvalue weighted by atomic mass is 35.5. The molecule has 0 aliphatic carbocycles. The maximum absolute atomic E-state index is 12.1. The molecule has 0 saturated carbocycles. The monoisotopic (exact) mass is 415 g/mol. The molecule has 1 aromatic heterocycles. The number of amides is 1. The molecular formula is C20H18ClN3O3S. The van der Waals surface area contributed by atoms with Crippen LogP contribution in [0.5, 0.6) is 5.75 Å². The molecule has 144 valence electrons. The number of carbonyl (C=O) groups is 2. The van der Waals surface area contributed by atoms with Crippen molar-refractivity contribution < 1.29 is 14.3 Å². The fourth-order valence-corrected chi connectivity index (χ4v) is 3.23. The molecule has 1 N–H and O–H groups in total. The van der Waals surface area contributed by atoms with Crippen molar-refractivity contribution in [1.82, 2.24) is 10.2 Å². The summed E-state index contributed by atoms with van der Waals surface area (Å²) in [4.78, 5) is 24.1. The van der Waals surface area contributed by atoms with Gasteiger partial charge < -0.3 is 10.1 Å². The van der Waals surface area contributed by atoms with Gasteiger partial charge in [0.25, 0.3) is 0 Å². The number of nitrogens with zero attached hydrogens (tertiary/aromatic N) is 2. The van der Waals surface area contributed by atoms with Gasteiger partial charge in [0.15, 0.2) is 5.78 Å². The van der Waals surface area contributed by atoms with Crippen LogP contribution in [0.2, 0.25) is 5.02 Å². The zero-order chi connectivity index (χ0) is 19.8. The summed E-state index contributed by atoms with van der Waals surface area (Å²) >= 11 is 7.10. The normalized spacial score (nSPS) is 10.5. The van der Waals surface area contributed by atoms with E-state index in [0.717, 1.165) is 10.8 Å². The van der Waals surface area contributed by atoms with Gasteiger partial charge in [-0.05, 0) is 36.4 Å². The second kappa shape index (κ2) is 9.96. The summed E-state index contributed by atoms with van der Waals surface area (Å²) in [6.45, 7) is 0.474. The Labute approximate surface area is 171 Å². The first-order valence-electron chi connectivity index (χ1n) is 8.69. The fourth-order valence-electron chi connectivity index (χ4n) is 2.37. The molecule has 3 aromatic rings. The lowest BCUT2D eigenvalue weighted by Gasteiger charge is -2.03. The molecule has 0 aliphatic heterocycles. The summed E-state index contributed by atoms with van der Waals surface area (Å²) in [5.41, 5.74) is 0.536. The van der Waals surface area contributed by atoms with Gasteiger partial charge in [0.2, 0.25) is 11.0 Å². The van der Waals surface area contributed by atoms with Crippen LogP contribution in [0.3, 0.4) is 0 Å². The third kappa shape index (κ3) is 6.14. The zero-order valence-electron chi connectivity index (χ0n) is 14.9. The number of rotatable bonds is 9. The number of anilines is 1. The largest absolute Gasteiger partial charge is 0.493 e. The van der Waals surface area contributed by atoms with E-state index in [9.17, 15) is 9.59 Å². The predicted octanol–water partition coefficient (Wildman–Crippen LogP) is 4.41. The average Bonchev–Trinajstić information content (AvgIpc) is 3.14. The van der Waals surface area contributed by atoms with E-state index < -0.39 is 0 Å². The summed E-state index contributed by atoms with van der Waals surface area (Å²) in [5, 5.41) is 12.4. The Bertz CT molecular complexity index is 929. The van der Waals surface area contributed by atoms with Crippen molar-refractivity contribution in [2.45, 2.75) is 19.3 Å². The molecule has 1 amide bonds. The van der Waals surface area contributed by atoms with Gasteiger partial charge in [-0.3, -0.25) is 9.59 Å². The van der Waals surface area contributed by atoms with E-state index in [2.05, 4.69) is 15.5 Å². The molecule has 1 heterocycles. The minimum absolute atomic E-state index is 0.0769. The van der Waals surface area contributed by atoms with Gasteiger partial charge in [0, 0.05) is 29.8 Å². The second-order valence-corrected chi connectivity index (χ2v) is 7.39. The predicted molar refractivity (Wildman–Crippen MR) is 109 cm³/mol. The molecule has 0 spiro atoms. The summed E-state index contributed by atoms with van der Waals surface area (Å²) in [7, 11) is 0. The van der Waals surface area contributed by atoms with E-state index in [4.69, 9.17) is 16.3 Å². The third-order valence-electron chi connectivity index (χ3n) is 3.79. The molecule has 6 nitrogen and oxygen atoms in total. The van der Waals surface area contributed by atoms with Gasteiger partial charge in [-0.15, -0.1) is 10.2 Å². The number of hydrogen-bond acceptors (Lipinski definition) is 6. The summed E-state index contributed by atoms with van der Waals surface area (Å²) in [5.74, 6) is 0.416. The Balaban J connectivity index is 1.40.